The molecular formula is C14H25N4+. The third-order valence-corrected chi connectivity index (χ3v) is 3.87. The number of aromatic nitrogens is 2. The van der Waals surface area contributed by atoms with Gasteiger partial charge in [-0.3, -0.25) is 0 Å². The molecule has 1 saturated heterocycles. The Balaban J connectivity index is 2.30. The van der Waals surface area contributed by atoms with Gasteiger partial charge in [-0.1, -0.05) is 18.8 Å². The number of hydrogen-bond acceptors (Lipinski definition) is 3. The first-order chi connectivity index (χ1) is 8.43. The molecule has 1 N–H and O–H groups in total. The highest BCUT2D eigenvalue weighted by molar-refractivity contribution is 5.46. The van der Waals surface area contributed by atoms with Gasteiger partial charge in [-0.25, -0.2) is 4.57 Å². The zero-order chi connectivity index (χ0) is 13.3. The number of nitrogens with zero attached hydrogens (tertiary/aromatic N) is 3. The molecule has 0 saturated carbocycles. The van der Waals surface area contributed by atoms with Gasteiger partial charge in [0.1, 0.15) is 0 Å². The van der Waals surface area contributed by atoms with Crippen molar-refractivity contribution in [2.75, 3.05) is 30.4 Å². The van der Waals surface area contributed by atoms with Crippen LogP contribution in [0, 0.1) is 12.3 Å². The van der Waals surface area contributed by atoms with E-state index in [1.165, 1.54) is 12.8 Å². The molecule has 0 radical (unpaired) electrons. The average Bonchev–Trinajstić information content (AvgIpc) is 2.31. The van der Waals surface area contributed by atoms with Crippen LogP contribution < -0.4 is 14.8 Å². The molecule has 4 heteroatoms. The number of aryl methyl sites for hydroxylation is 1. The minimum atomic E-state index is 0.395. The quantitative estimate of drug-likeness (QED) is 0.812. The maximum atomic E-state index is 4.72. The molecule has 0 unspecified atom stereocenters. The molecule has 0 bridgehead atoms. The fourth-order valence-electron chi connectivity index (χ4n) is 2.69. The lowest BCUT2D eigenvalue weighted by atomic mass is 9.84. The fourth-order valence-corrected chi connectivity index (χ4v) is 2.69. The van der Waals surface area contributed by atoms with Crippen molar-refractivity contribution in [3.63, 3.8) is 0 Å². The van der Waals surface area contributed by atoms with Crippen LogP contribution in [0.4, 0.5) is 11.6 Å². The Morgan fingerprint density at radius 2 is 2.17 bits per heavy atom. The van der Waals surface area contributed by atoms with Crippen LogP contribution in [-0.2, 0) is 7.05 Å². The maximum absolute atomic E-state index is 4.72. The summed E-state index contributed by atoms with van der Waals surface area (Å²) in [5.74, 6) is 3.25. The van der Waals surface area contributed by atoms with E-state index in [1.807, 2.05) is 14.1 Å². The molecule has 2 heterocycles. The van der Waals surface area contributed by atoms with Crippen LogP contribution in [0.1, 0.15) is 32.5 Å². The topological polar surface area (TPSA) is 32.0 Å². The smallest absolute Gasteiger partial charge is 0.237 e. The molecule has 18 heavy (non-hydrogen) atoms. The molecule has 0 aliphatic carbocycles. The first kappa shape index (κ1) is 13.1. The van der Waals surface area contributed by atoms with Crippen molar-refractivity contribution in [2.24, 2.45) is 12.5 Å². The first-order valence-electron chi connectivity index (χ1n) is 6.73. The Morgan fingerprint density at radius 1 is 1.44 bits per heavy atom. The van der Waals surface area contributed by atoms with E-state index in [0.29, 0.717) is 5.41 Å². The fraction of sp³-hybridized carbons (Fsp3) is 0.714. The van der Waals surface area contributed by atoms with Gasteiger partial charge >= 0.3 is 0 Å². The van der Waals surface area contributed by atoms with E-state index in [1.54, 1.807) is 0 Å². The summed E-state index contributed by atoms with van der Waals surface area (Å²) < 4.78 is 2.08. The third-order valence-electron chi connectivity index (χ3n) is 3.87. The molecule has 0 amide bonds. The van der Waals surface area contributed by atoms with E-state index in [0.717, 1.165) is 30.5 Å². The Hall–Kier alpha value is -1.32. The summed E-state index contributed by atoms with van der Waals surface area (Å²) in [7, 11) is 4.00. The van der Waals surface area contributed by atoms with Gasteiger partial charge in [0.05, 0.1) is 13.1 Å². The van der Waals surface area contributed by atoms with Crippen molar-refractivity contribution in [3.05, 3.63) is 11.9 Å². The Bertz CT molecular complexity index is 440. The number of anilines is 2. The zero-order valence-corrected chi connectivity index (χ0v) is 12.2. The summed E-state index contributed by atoms with van der Waals surface area (Å²) in [6.07, 6.45) is 2.56. The SMILES string of the molecule is CNc1cc(N2CCCC(C)(C)C2)nc(C)[n+]1C. The second-order valence-electron chi connectivity index (χ2n) is 6.05. The van der Waals surface area contributed by atoms with Gasteiger partial charge in [0, 0.05) is 27.1 Å². The lowest BCUT2D eigenvalue weighted by molar-refractivity contribution is -0.666. The van der Waals surface area contributed by atoms with E-state index in [-0.39, 0.29) is 0 Å². The van der Waals surface area contributed by atoms with Crippen molar-refractivity contribution >= 4 is 11.6 Å². The summed E-state index contributed by atoms with van der Waals surface area (Å²) in [6.45, 7) is 8.95. The summed E-state index contributed by atoms with van der Waals surface area (Å²) in [6, 6.07) is 2.15. The van der Waals surface area contributed by atoms with Crippen LogP contribution in [0.3, 0.4) is 0 Å². The largest absolute Gasteiger partial charge is 0.342 e. The summed E-state index contributed by atoms with van der Waals surface area (Å²) in [5, 5.41) is 3.23. The summed E-state index contributed by atoms with van der Waals surface area (Å²) >= 11 is 0. The Kier molecular flexibility index (Phi) is 3.46. The average molecular weight is 249 g/mol. The van der Waals surface area contributed by atoms with Gasteiger partial charge in [-0.05, 0) is 18.3 Å². The van der Waals surface area contributed by atoms with Crippen molar-refractivity contribution in [1.29, 1.82) is 0 Å². The number of hydrogen-bond donors (Lipinski definition) is 1. The normalized spacial score (nSPS) is 18.8. The van der Waals surface area contributed by atoms with Gasteiger partial charge in [-0.2, -0.15) is 0 Å². The van der Waals surface area contributed by atoms with Crippen LogP contribution in [0.5, 0.6) is 0 Å². The molecule has 1 aromatic heterocycles. The van der Waals surface area contributed by atoms with Crippen LogP contribution in [0.2, 0.25) is 0 Å². The molecule has 100 valence electrons. The van der Waals surface area contributed by atoms with Gasteiger partial charge in [0.15, 0.2) is 0 Å². The highest BCUT2D eigenvalue weighted by Crippen LogP contribution is 2.31. The molecular weight excluding hydrogens is 224 g/mol. The minimum Gasteiger partial charge on any atom is -0.342 e. The van der Waals surface area contributed by atoms with Crippen LogP contribution >= 0.6 is 0 Å². The van der Waals surface area contributed by atoms with E-state index in [9.17, 15) is 0 Å². The number of piperidine rings is 1. The Labute approximate surface area is 110 Å². The molecule has 0 spiro atoms. The van der Waals surface area contributed by atoms with Crippen LogP contribution in [0.25, 0.3) is 0 Å². The number of rotatable bonds is 2. The predicted molar refractivity (Wildman–Crippen MR) is 74.9 cm³/mol. The molecule has 0 aromatic carbocycles. The van der Waals surface area contributed by atoms with E-state index < -0.39 is 0 Å². The highest BCUT2D eigenvalue weighted by Gasteiger charge is 2.29. The lowest BCUT2D eigenvalue weighted by Crippen LogP contribution is -2.42. The molecule has 1 aliphatic rings. The molecule has 4 nitrogen and oxygen atoms in total. The second-order valence-corrected chi connectivity index (χ2v) is 6.05. The van der Waals surface area contributed by atoms with E-state index >= 15 is 0 Å². The Morgan fingerprint density at radius 3 is 2.78 bits per heavy atom. The summed E-state index contributed by atoms with van der Waals surface area (Å²) in [4.78, 5) is 7.13. The van der Waals surface area contributed by atoms with Gasteiger partial charge < -0.3 is 10.2 Å². The van der Waals surface area contributed by atoms with Gasteiger partial charge in [-0.15, -0.1) is 0 Å². The van der Waals surface area contributed by atoms with Crippen LogP contribution in [0.15, 0.2) is 6.07 Å². The predicted octanol–water partition coefficient (Wildman–Crippen LogP) is 1.88. The molecule has 2 rings (SSSR count). The standard InChI is InChI=1S/C14H24N4/c1-11-16-13(9-12(15-4)17(11)5)18-8-6-7-14(2,3)10-18/h9H,6-8,10H2,1-5H3/p+1. The molecule has 1 aliphatic heterocycles. The van der Waals surface area contributed by atoms with E-state index in [2.05, 4.69) is 41.6 Å². The van der Waals surface area contributed by atoms with Crippen LogP contribution in [-0.4, -0.2) is 25.1 Å². The van der Waals surface area contributed by atoms with Gasteiger partial charge in [0.25, 0.3) is 0 Å². The number of nitrogens with one attached hydrogen (secondary N) is 1. The van der Waals surface area contributed by atoms with Crippen molar-refractivity contribution in [1.82, 2.24) is 4.98 Å². The third kappa shape index (κ3) is 2.57. The van der Waals surface area contributed by atoms with Gasteiger partial charge in [0.2, 0.25) is 17.5 Å². The van der Waals surface area contributed by atoms with Crippen molar-refractivity contribution in [3.8, 4) is 0 Å². The first-order valence-corrected chi connectivity index (χ1v) is 6.73. The highest BCUT2D eigenvalue weighted by atomic mass is 15.2. The maximum Gasteiger partial charge on any atom is 0.237 e. The minimum absolute atomic E-state index is 0.395. The molecule has 1 fully saturated rings. The zero-order valence-electron chi connectivity index (χ0n) is 12.2. The monoisotopic (exact) mass is 249 g/mol. The van der Waals surface area contributed by atoms with E-state index in [4.69, 9.17) is 4.98 Å². The van der Waals surface area contributed by atoms with Crippen molar-refractivity contribution < 1.29 is 4.57 Å². The molecule has 1 aromatic rings. The lowest BCUT2D eigenvalue weighted by Gasteiger charge is -2.37. The molecule has 0 atom stereocenters. The second kappa shape index (κ2) is 4.75. The van der Waals surface area contributed by atoms with Crippen molar-refractivity contribution in [2.45, 2.75) is 33.6 Å². The summed E-state index contributed by atoms with van der Waals surface area (Å²) in [5.41, 5.74) is 0.395.